The molecule has 0 aliphatic rings. The first-order valence-corrected chi connectivity index (χ1v) is 7.45. The van der Waals surface area contributed by atoms with Crippen molar-refractivity contribution in [2.24, 2.45) is 0 Å². The molecule has 0 unspecified atom stereocenters. The van der Waals surface area contributed by atoms with Gasteiger partial charge in [0.25, 0.3) is 0 Å². The van der Waals surface area contributed by atoms with E-state index in [1.807, 2.05) is 18.2 Å². The highest BCUT2D eigenvalue weighted by Crippen LogP contribution is 2.32. The molecule has 0 saturated carbocycles. The van der Waals surface area contributed by atoms with Gasteiger partial charge in [-0.25, -0.2) is 4.98 Å². The van der Waals surface area contributed by atoms with Crippen LogP contribution >= 0.6 is 0 Å². The molecule has 1 heterocycles. The predicted molar refractivity (Wildman–Crippen MR) is 90.3 cm³/mol. The van der Waals surface area contributed by atoms with Gasteiger partial charge in [0, 0.05) is 16.6 Å². The zero-order valence-electron chi connectivity index (χ0n) is 12.6. The molecule has 0 saturated heterocycles. The van der Waals surface area contributed by atoms with Crippen LogP contribution in [-0.2, 0) is 6.42 Å². The number of benzene rings is 2. The molecule has 2 nitrogen and oxygen atoms in total. The van der Waals surface area contributed by atoms with Crippen molar-refractivity contribution in [2.75, 3.05) is 5.73 Å². The van der Waals surface area contributed by atoms with Gasteiger partial charge in [0.05, 0.1) is 11.2 Å². The number of anilines is 1. The van der Waals surface area contributed by atoms with E-state index >= 15 is 0 Å². The van der Waals surface area contributed by atoms with Crippen LogP contribution in [0.1, 0.15) is 24.5 Å². The Hall–Kier alpha value is -2.35. The first-order valence-electron chi connectivity index (χ1n) is 7.45. The average Bonchev–Trinajstić information content (AvgIpc) is 2.52. The number of rotatable bonds is 3. The molecule has 0 radical (unpaired) electrons. The fraction of sp³-hybridized carbons (Fsp3) is 0.211. The summed E-state index contributed by atoms with van der Waals surface area (Å²) in [4.78, 5) is 4.94. The third kappa shape index (κ3) is 2.38. The van der Waals surface area contributed by atoms with E-state index in [0.29, 0.717) is 0 Å². The van der Waals surface area contributed by atoms with Crippen LogP contribution in [0.25, 0.3) is 22.2 Å². The Morgan fingerprint density at radius 2 is 1.76 bits per heavy atom. The lowest BCUT2D eigenvalue weighted by molar-refractivity contribution is 0.926. The molecule has 0 spiro atoms. The van der Waals surface area contributed by atoms with E-state index in [9.17, 15) is 0 Å². The fourth-order valence-corrected chi connectivity index (χ4v) is 2.81. The quantitative estimate of drug-likeness (QED) is 0.750. The van der Waals surface area contributed by atoms with Gasteiger partial charge in [0.2, 0.25) is 0 Å². The number of pyridine rings is 1. The number of para-hydroxylation sites is 1. The molecule has 2 N–H and O–H groups in total. The van der Waals surface area contributed by atoms with E-state index in [2.05, 4.69) is 44.2 Å². The first kappa shape index (κ1) is 13.6. The van der Waals surface area contributed by atoms with Crippen LogP contribution in [0.4, 0.5) is 5.69 Å². The summed E-state index contributed by atoms with van der Waals surface area (Å²) in [5, 5.41) is 1.07. The highest BCUT2D eigenvalue weighted by molar-refractivity contribution is 5.96. The molecule has 106 valence electrons. The molecule has 0 fully saturated rings. The molecular formula is C19H20N2. The fourth-order valence-electron chi connectivity index (χ4n) is 2.81. The zero-order valence-corrected chi connectivity index (χ0v) is 12.6. The molecule has 0 aliphatic carbocycles. The summed E-state index contributed by atoms with van der Waals surface area (Å²) in [6.07, 6.45) is 2.14. The standard InChI is InChI=1S/C19H20N2/c1-3-8-14-11-7-12-16-17(20)13(2)18(21-19(14)16)15-9-5-4-6-10-15/h4-7,9-12H,3,8H2,1-2H3,(H2,20,21). The molecule has 0 amide bonds. The summed E-state index contributed by atoms with van der Waals surface area (Å²) in [6.45, 7) is 4.24. The van der Waals surface area contributed by atoms with Crippen molar-refractivity contribution in [1.82, 2.24) is 4.98 Å². The first-order chi connectivity index (χ1) is 10.2. The minimum absolute atomic E-state index is 0.844. The van der Waals surface area contributed by atoms with E-state index in [-0.39, 0.29) is 0 Å². The van der Waals surface area contributed by atoms with Crippen LogP contribution in [0, 0.1) is 6.92 Å². The Kier molecular flexibility index (Phi) is 3.61. The number of fused-ring (bicyclic) bond motifs is 1. The van der Waals surface area contributed by atoms with Crippen molar-refractivity contribution in [1.29, 1.82) is 0 Å². The minimum Gasteiger partial charge on any atom is -0.398 e. The predicted octanol–water partition coefficient (Wildman–Crippen LogP) is 4.74. The van der Waals surface area contributed by atoms with Gasteiger partial charge in [0.1, 0.15) is 0 Å². The largest absolute Gasteiger partial charge is 0.398 e. The van der Waals surface area contributed by atoms with Gasteiger partial charge in [-0.3, -0.25) is 0 Å². The summed E-state index contributed by atoms with van der Waals surface area (Å²) >= 11 is 0. The van der Waals surface area contributed by atoms with Crippen LogP contribution in [0.2, 0.25) is 0 Å². The van der Waals surface area contributed by atoms with E-state index in [0.717, 1.165) is 46.3 Å². The number of hydrogen-bond acceptors (Lipinski definition) is 2. The second kappa shape index (κ2) is 5.57. The van der Waals surface area contributed by atoms with Gasteiger partial charge in [-0.1, -0.05) is 61.9 Å². The molecule has 3 rings (SSSR count). The number of nitrogens with zero attached hydrogens (tertiary/aromatic N) is 1. The zero-order chi connectivity index (χ0) is 14.8. The van der Waals surface area contributed by atoms with Crippen molar-refractivity contribution < 1.29 is 0 Å². The summed E-state index contributed by atoms with van der Waals surface area (Å²) in [7, 11) is 0. The Bertz CT molecular complexity index is 776. The molecule has 2 aromatic carbocycles. The average molecular weight is 276 g/mol. The minimum atomic E-state index is 0.844. The maximum atomic E-state index is 6.38. The van der Waals surface area contributed by atoms with E-state index in [1.165, 1.54) is 5.56 Å². The molecular weight excluding hydrogens is 256 g/mol. The van der Waals surface area contributed by atoms with Crippen molar-refractivity contribution in [3.8, 4) is 11.3 Å². The highest BCUT2D eigenvalue weighted by Gasteiger charge is 2.12. The SMILES string of the molecule is CCCc1cccc2c(N)c(C)c(-c3ccccc3)nc12. The van der Waals surface area contributed by atoms with Crippen LogP contribution in [0.3, 0.4) is 0 Å². The molecule has 0 bridgehead atoms. The van der Waals surface area contributed by atoms with Gasteiger partial charge >= 0.3 is 0 Å². The van der Waals surface area contributed by atoms with Crippen molar-refractivity contribution >= 4 is 16.6 Å². The van der Waals surface area contributed by atoms with Crippen LogP contribution < -0.4 is 5.73 Å². The molecule has 1 aromatic heterocycles. The van der Waals surface area contributed by atoms with E-state index < -0.39 is 0 Å². The number of hydrogen-bond donors (Lipinski definition) is 1. The topological polar surface area (TPSA) is 38.9 Å². The molecule has 21 heavy (non-hydrogen) atoms. The second-order valence-corrected chi connectivity index (χ2v) is 5.43. The Morgan fingerprint density at radius 1 is 1.00 bits per heavy atom. The Balaban J connectivity index is 2.32. The number of nitrogen functional groups attached to an aromatic ring is 1. The monoisotopic (exact) mass is 276 g/mol. The van der Waals surface area contributed by atoms with Gasteiger partial charge in [-0.2, -0.15) is 0 Å². The molecule has 2 heteroatoms. The highest BCUT2D eigenvalue weighted by atomic mass is 14.7. The summed E-state index contributed by atoms with van der Waals surface area (Å²) in [6, 6.07) is 16.6. The van der Waals surface area contributed by atoms with Gasteiger partial charge in [-0.05, 0) is 24.5 Å². The van der Waals surface area contributed by atoms with Crippen molar-refractivity contribution in [2.45, 2.75) is 26.7 Å². The Labute approximate surface area is 125 Å². The summed E-state index contributed by atoms with van der Waals surface area (Å²) in [5.74, 6) is 0. The normalized spacial score (nSPS) is 11.0. The van der Waals surface area contributed by atoms with Crippen molar-refractivity contribution in [3.63, 3.8) is 0 Å². The lowest BCUT2D eigenvalue weighted by Crippen LogP contribution is -2.00. The maximum Gasteiger partial charge on any atom is 0.0762 e. The molecule has 0 atom stereocenters. The van der Waals surface area contributed by atoms with Crippen LogP contribution in [-0.4, -0.2) is 4.98 Å². The number of aromatic nitrogens is 1. The smallest absolute Gasteiger partial charge is 0.0762 e. The molecule has 3 aromatic rings. The van der Waals surface area contributed by atoms with Crippen molar-refractivity contribution in [3.05, 3.63) is 59.7 Å². The van der Waals surface area contributed by atoms with Crippen LogP contribution in [0.15, 0.2) is 48.5 Å². The second-order valence-electron chi connectivity index (χ2n) is 5.43. The lowest BCUT2D eigenvalue weighted by atomic mass is 9.99. The molecule has 0 aliphatic heterocycles. The Morgan fingerprint density at radius 3 is 2.48 bits per heavy atom. The van der Waals surface area contributed by atoms with Gasteiger partial charge in [0.15, 0.2) is 0 Å². The number of nitrogens with two attached hydrogens (primary N) is 1. The maximum absolute atomic E-state index is 6.38. The van der Waals surface area contributed by atoms with E-state index in [4.69, 9.17) is 10.7 Å². The van der Waals surface area contributed by atoms with E-state index in [1.54, 1.807) is 0 Å². The number of aryl methyl sites for hydroxylation is 1. The third-order valence-corrected chi connectivity index (χ3v) is 3.96. The third-order valence-electron chi connectivity index (χ3n) is 3.96. The van der Waals surface area contributed by atoms with Gasteiger partial charge < -0.3 is 5.73 Å². The lowest BCUT2D eigenvalue weighted by Gasteiger charge is -2.14. The summed E-state index contributed by atoms with van der Waals surface area (Å²) in [5.41, 5.74) is 12.7. The van der Waals surface area contributed by atoms with Crippen LogP contribution in [0.5, 0.6) is 0 Å². The summed E-state index contributed by atoms with van der Waals surface area (Å²) < 4.78 is 0. The van der Waals surface area contributed by atoms with Gasteiger partial charge in [-0.15, -0.1) is 0 Å².